The molecule has 1 aliphatic heterocycles. The van der Waals surface area contributed by atoms with Crippen LogP contribution in [0.15, 0.2) is 0 Å². The summed E-state index contributed by atoms with van der Waals surface area (Å²) < 4.78 is 0.0833. The van der Waals surface area contributed by atoms with Gasteiger partial charge in [-0.3, -0.25) is 9.59 Å². The van der Waals surface area contributed by atoms with Gasteiger partial charge in [0.2, 0.25) is 5.91 Å². The van der Waals surface area contributed by atoms with Gasteiger partial charge in [0.05, 0.1) is 6.42 Å². The predicted molar refractivity (Wildman–Crippen MR) is 92.3 cm³/mol. The Balaban J connectivity index is -0.0000000582. The molecule has 0 bridgehead atoms. The summed E-state index contributed by atoms with van der Waals surface area (Å²) in [7, 11) is 0. The van der Waals surface area contributed by atoms with Crippen molar-refractivity contribution in [2.75, 3.05) is 13.1 Å². The molecule has 0 aromatic carbocycles. The van der Waals surface area contributed by atoms with Gasteiger partial charge in [-0.25, -0.2) is 0 Å². The van der Waals surface area contributed by atoms with E-state index >= 15 is 0 Å². The summed E-state index contributed by atoms with van der Waals surface area (Å²) in [4.78, 5) is 28.4. The van der Waals surface area contributed by atoms with Gasteiger partial charge in [0.15, 0.2) is 0 Å². The normalized spacial score (nSPS) is 10.2. The van der Waals surface area contributed by atoms with Crippen molar-refractivity contribution in [3.05, 3.63) is 0 Å². The molecule has 1 rings (SSSR count). The van der Waals surface area contributed by atoms with Crippen LogP contribution >= 0.6 is 12.2 Å². The lowest BCUT2D eigenvalue weighted by atomic mass is 10.3. The van der Waals surface area contributed by atoms with Crippen molar-refractivity contribution in [1.82, 2.24) is 17.6 Å². The zero-order chi connectivity index (χ0) is 16.6. The van der Waals surface area contributed by atoms with E-state index < -0.39 is 12.0 Å². The smallest absolute Gasteiger partial charge is 0.224 e. The van der Waals surface area contributed by atoms with Crippen LogP contribution in [0, 0.1) is 0 Å². The fraction of sp³-hybridized carbons (Fsp3) is 0.600. The van der Waals surface area contributed by atoms with Crippen molar-refractivity contribution < 1.29 is 19.5 Å². The lowest BCUT2D eigenvalue weighted by Gasteiger charge is -1.83. The molecule has 1 aliphatic rings. The number of thiocarbonyl (C=S) groups is 1. The van der Waals surface area contributed by atoms with E-state index in [-0.39, 0.29) is 28.8 Å². The van der Waals surface area contributed by atoms with E-state index in [1.54, 1.807) is 0 Å². The maximum Gasteiger partial charge on any atom is 0.224 e. The van der Waals surface area contributed by atoms with Crippen molar-refractivity contribution in [2.24, 2.45) is 17.2 Å². The molecule has 0 saturated carbocycles. The van der Waals surface area contributed by atoms with Crippen LogP contribution in [0.4, 0.5) is 4.79 Å². The van der Waals surface area contributed by atoms with Gasteiger partial charge in [0.25, 0.3) is 0 Å². The number of ketones is 1. The molecular weight excluding hydrogens is 332 g/mol. The molecule has 1 heterocycles. The highest BCUT2D eigenvalue weighted by atomic mass is 32.1. The second-order valence-corrected chi connectivity index (χ2v) is 4.58. The first kappa shape index (κ1) is 32.4. The molecular formula is C10H28N6O4S2. The van der Waals surface area contributed by atoms with E-state index in [9.17, 15) is 9.59 Å². The Kier molecular flexibility index (Phi) is 35.9. The summed E-state index contributed by atoms with van der Waals surface area (Å²) in [6.45, 7) is 3.82. The molecule has 0 aliphatic carbocycles. The van der Waals surface area contributed by atoms with Gasteiger partial charge in [-0.15, -0.1) is 0 Å². The number of nitrogens with two attached hydrogens (primary N) is 3. The molecule has 22 heavy (non-hydrogen) atoms. The van der Waals surface area contributed by atoms with E-state index in [2.05, 4.69) is 47.4 Å². The molecule has 10 nitrogen and oxygen atoms in total. The van der Waals surface area contributed by atoms with Crippen molar-refractivity contribution in [3.63, 3.8) is 0 Å². The minimum absolute atomic E-state index is 0. The topological polar surface area (TPSA) is 237 Å². The number of carbonyl (C=O) groups excluding carboxylic acids is 3. The molecule has 1 saturated heterocycles. The van der Waals surface area contributed by atoms with Crippen LogP contribution in [-0.2, 0) is 22.2 Å². The van der Waals surface area contributed by atoms with E-state index in [1.165, 1.54) is 32.9 Å². The molecule has 15 N–H and O–H groups in total. The van der Waals surface area contributed by atoms with Gasteiger partial charge in [-0.1, -0.05) is 4.32 Å². The number of primary amides is 2. The van der Waals surface area contributed by atoms with Crippen LogP contribution in [0.1, 0.15) is 26.2 Å². The van der Waals surface area contributed by atoms with Crippen LogP contribution in [-0.4, -0.2) is 35.2 Å². The van der Waals surface area contributed by atoms with Gasteiger partial charge in [0, 0.05) is 0 Å². The number of carboxylic acid groups (broad SMARTS) is 1. The SMILES string of the molecule is C1CCNC1.CC(=O)CC(N)=O.NC(=O)[O-].NC(=S)[S-].[NH4+].[NH4+]. The first-order valence-corrected chi connectivity index (χ1v) is 6.32. The third-order valence-electron chi connectivity index (χ3n) is 1.38. The molecule has 0 unspecified atom stereocenters. The predicted octanol–water partition coefficient (Wildman–Crippen LogP) is -1.36. The maximum atomic E-state index is 9.95. The summed E-state index contributed by atoms with van der Waals surface area (Å²) in [6, 6.07) is 0. The summed E-state index contributed by atoms with van der Waals surface area (Å²) >= 11 is 8.26. The number of carbonyl (C=O) groups is 3. The zero-order valence-corrected chi connectivity index (χ0v) is 14.9. The number of Topliss-reactive ketones (excluding diaryl/α,β-unsaturated/α-hetero) is 1. The van der Waals surface area contributed by atoms with Crippen molar-refractivity contribution in [3.8, 4) is 0 Å². The quantitative estimate of drug-likeness (QED) is 0.195. The number of rotatable bonds is 2. The molecule has 134 valence electrons. The molecule has 1 fully saturated rings. The largest absolute Gasteiger partial charge is 0.530 e. The number of hydrogen-bond donors (Lipinski definition) is 6. The summed E-state index contributed by atoms with van der Waals surface area (Å²) in [6.07, 6.45) is 1.06. The molecule has 0 atom stereocenters. The lowest BCUT2D eigenvalue weighted by Crippen LogP contribution is -2.29. The fourth-order valence-corrected chi connectivity index (χ4v) is 0.870. The van der Waals surface area contributed by atoms with Gasteiger partial charge < -0.3 is 69.6 Å². The highest BCUT2D eigenvalue weighted by molar-refractivity contribution is 8.00. The monoisotopic (exact) mass is 360 g/mol. The van der Waals surface area contributed by atoms with Crippen LogP contribution in [0.3, 0.4) is 0 Å². The average Bonchev–Trinajstić information content (AvgIpc) is 2.69. The second kappa shape index (κ2) is 24.4. The van der Waals surface area contributed by atoms with Gasteiger partial charge in [-0.2, -0.15) is 0 Å². The number of nitrogens with one attached hydrogen (secondary N) is 1. The standard InChI is InChI=1S/C4H7NO2.C4H9N.CH3NO2.CH3NS2.2H3N/c1-3(6)2-4(5)7;1-2-4-5-3-1;2*2-1(3)4;;/h2H2,1H3,(H2,5,7);5H,1-4H2;2H2,(H,3,4);(H3,2,3,4);2*1H3. The Labute approximate surface area is 141 Å². The van der Waals surface area contributed by atoms with Gasteiger partial charge in [0.1, 0.15) is 11.9 Å². The fourth-order valence-electron chi connectivity index (χ4n) is 0.870. The zero-order valence-electron chi connectivity index (χ0n) is 13.2. The van der Waals surface area contributed by atoms with Gasteiger partial charge >= 0.3 is 0 Å². The van der Waals surface area contributed by atoms with E-state index in [4.69, 9.17) is 9.90 Å². The number of hydrogen-bond acceptors (Lipinski definition) is 7. The Morgan fingerprint density at radius 3 is 1.45 bits per heavy atom. The van der Waals surface area contributed by atoms with Crippen LogP contribution in [0.5, 0.6) is 0 Å². The van der Waals surface area contributed by atoms with Crippen molar-refractivity contribution in [2.45, 2.75) is 26.2 Å². The second-order valence-electron chi connectivity index (χ2n) is 3.44. The third-order valence-corrected chi connectivity index (χ3v) is 1.38. The summed E-state index contributed by atoms with van der Waals surface area (Å²) in [5, 5.41) is 11.9. The molecule has 2 amide bonds. The molecule has 0 spiro atoms. The Morgan fingerprint density at radius 1 is 1.14 bits per heavy atom. The van der Waals surface area contributed by atoms with Crippen LogP contribution in [0.25, 0.3) is 0 Å². The Bertz CT molecular complexity index is 274. The number of quaternary nitrogens is 2. The van der Waals surface area contributed by atoms with Crippen molar-refractivity contribution >= 4 is 47.0 Å². The first-order chi connectivity index (χ1) is 9.09. The Morgan fingerprint density at radius 2 is 1.41 bits per heavy atom. The van der Waals surface area contributed by atoms with E-state index in [0.29, 0.717) is 0 Å². The minimum Gasteiger partial charge on any atom is -0.530 e. The number of amides is 2. The van der Waals surface area contributed by atoms with Crippen molar-refractivity contribution in [1.29, 1.82) is 0 Å². The maximum absolute atomic E-state index is 9.95. The highest BCUT2D eigenvalue weighted by Crippen LogP contribution is 1.90. The summed E-state index contributed by atoms with van der Waals surface area (Å²) in [5.41, 5.74) is 13.2. The minimum atomic E-state index is -1.58. The lowest BCUT2D eigenvalue weighted by molar-refractivity contribution is -0.245. The van der Waals surface area contributed by atoms with Crippen LogP contribution in [0.2, 0.25) is 0 Å². The molecule has 0 aromatic heterocycles. The van der Waals surface area contributed by atoms with Crippen LogP contribution < -0.4 is 39.9 Å². The summed E-state index contributed by atoms with van der Waals surface area (Å²) in [5.74, 6) is -0.750. The van der Waals surface area contributed by atoms with Gasteiger partial charge in [-0.05, 0) is 32.9 Å². The molecule has 12 heteroatoms. The molecule has 0 radical (unpaired) electrons. The first-order valence-electron chi connectivity index (χ1n) is 5.50. The highest BCUT2D eigenvalue weighted by Gasteiger charge is 1.95. The third kappa shape index (κ3) is 102. The van der Waals surface area contributed by atoms with E-state index in [0.717, 1.165) is 0 Å². The molecule has 0 aromatic rings. The Hall–Kier alpha value is -1.60. The van der Waals surface area contributed by atoms with E-state index in [1.807, 2.05) is 0 Å². The average molecular weight is 361 g/mol.